The van der Waals surface area contributed by atoms with Gasteiger partial charge < -0.3 is 15.0 Å². The Kier molecular flexibility index (Phi) is 10.2. The number of ether oxygens (including phenoxy) is 1. The summed E-state index contributed by atoms with van der Waals surface area (Å²) in [6.07, 6.45) is 2.14. The molecule has 0 fully saturated rings. The van der Waals surface area contributed by atoms with E-state index in [1.165, 1.54) is 12.0 Å². The Hall–Kier alpha value is -2.78. The number of carbonyl (C=O) groups is 2. The Labute approximate surface area is 206 Å². The third kappa shape index (κ3) is 7.36. The second-order valence-corrected chi connectivity index (χ2v) is 10.1. The van der Waals surface area contributed by atoms with E-state index in [9.17, 15) is 18.0 Å². The number of anilines is 1. The molecule has 0 unspecified atom stereocenters. The van der Waals surface area contributed by atoms with E-state index in [1.807, 2.05) is 6.92 Å². The minimum Gasteiger partial charge on any atom is -0.497 e. The number of nitrogens with one attached hydrogen (secondary N) is 1. The zero-order valence-corrected chi connectivity index (χ0v) is 21.5. The molecular weight excluding hydrogens is 478 g/mol. The molecule has 1 atom stereocenters. The summed E-state index contributed by atoms with van der Waals surface area (Å²) in [5.41, 5.74) is 0.979. The van der Waals surface area contributed by atoms with Gasteiger partial charge in [-0.2, -0.15) is 0 Å². The van der Waals surface area contributed by atoms with Gasteiger partial charge in [0.05, 0.1) is 19.1 Å². The van der Waals surface area contributed by atoms with Crippen LogP contribution in [0.5, 0.6) is 5.75 Å². The van der Waals surface area contributed by atoms with E-state index < -0.39 is 28.5 Å². The molecular formula is C24H32ClN3O5S. The normalized spacial score (nSPS) is 12.0. The molecule has 10 heteroatoms. The van der Waals surface area contributed by atoms with Gasteiger partial charge >= 0.3 is 0 Å². The van der Waals surface area contributed by atoms with Crippen LogP contribution >= 0.6 is 11.6 Å². The molecule has 0 aliphatic heterocycles. The van der Waals surface area contributed by atoms with Crippen LogP contribution < -0.4 is 14.4 Å². The average molecular weight is 510 g/mol. The maximum absolute atomic E-state index is 13.6. The fourth-order valence-electron chi connectivity index (χ4n) is 3.46. The van der Waals surface area contributed by atoms with Crippen molar-refractivity contribution in [3.05, 3.63) is 59.1 Å². The van der Waals surface area contributed by atoms with Crippen molar-refractivity contribution in [2.75, 3.05) is 30.8 Å². The maximum Gasteiger partial charge on any atom is 0.244 e. The zero-order valence-electron chi connectivity index (χ0n) is 20.0. The van der Waals surface area contributed by atoms with Gasteiger partial charge in [-0.3, -0.25) is 13.9 Å². The highest BCUT2D eigenvalue weighted by Crippen LogP contribution is 2.24. The molecule has 0 aliphatic rings. The first-order valence-electron chi connectivity index (χ1n) is 11.0. The SMILES string of the molecule is CCCNC(=O)[C@@H](CC)N(Cc1ccccc1Cl)C(=O)CN(c1ccc(OC)cc1)S(C)(=O)=O. The van der Waals surface area contributed by atoms with Gasteiger partial charge in [0.2, 0.25) is 21.8 Å². The lowest BCUT2D eigenvalue weighted by atomic mass is 10.1. The molecule has 2 amide bonds. The van der Waals surface area contributed by atoms with Crippen LogP contribution in [0.2, 0.25) is 5.02 Å². The summed E-state index contributed by atoms with van der Waals surface area (Å²) in [7, 11) is -2.29. The van der Waals surface area contributed by atoms with Crippen molar-refractivity contribution >= 4 is 39.1 Å². The molecule has 34 heavy (non-hydrogen) atoms. The van der Waals surface area contributed by atoms with Gasteiger partial charge in [0, 0.05) is 18.1 Å². The third-order valence-electron chi connectivity index (χ3n) is 5.27. The van der Waals surface area contributed by atoms with Crippen molar-refractivity contribution in [1.82, 2.24) is 10.2 Å². The van der Waals surface area contributed by atoms with E-state index in [2.05, 4.69) is 5.32 Å². The quantitative estimate of drug-likeness (QED) is 0.472. The van der Waals surface area contributed by atoms with Gasteiger partial charge in [-0.25, -0.2) is 8.42 Å². The van der Waals surface area contributed by atoms with Gasteiger partial charge in [-0.05, 0) is 48.7 Å². The second-order valence-electron chi connectivity index (χ2n) is 7.80. The van der Waals surface area contributed by atoms with Crippen molar-refractivity contribution < 1.29 is 22.7 Å². The van der Waals surface area contributed by atoms with E-state index in [1.54, 1.807) is 55.5 Å². The molecule has 0 spiro atoms. The number of carbonyl (C=O) groups excluding carboxylic acids is 2. The second kappa shape index (κ2) is 12.6. The van der Waals surface area contributed by atoms with E-state index in [0.29, 0.717) is 35.0 Å². The fourth-order valence-corrected chi connectivity index (χ4v) is 4.50. The van der Waals surface area contributed by atoms with E-state index in [-0.39, 0.29) is 12.5 Å². The predicted octanol–water partition coefficient (Wildman–Crippen LogP) is 3.45. The molecule has 2 aromatic rings. The Balaban J connectivity index is 2.42. The van der Waals surface area contributed by atoms with Crippen molar-refractivity contribution in [3.8, 4) is 5.75 Å². The van der Waals surface area contributed by atoms with Crippen LogP contribution in [0.1, 0.15) is 32.3 Å². The Morgan fingerprint density at radius 2 is 1.74 bits per heavy atom. The topological polar surface area (TPSA) is 96.0 Å². The van der Waals surface area contributed by atoms with Crippen LogP contribution in [-0.2, 0) is 26.2 Å². The zero-order chi connectivity index (χ0) is 25.3. The number of sulfonamides is 1. The van der Waals surface area contributed by atoms with Crippen LogP contribution in [0, 0.1) is 0 Å². The molecule has 1 N–H and O–H groups in total. The van der Waals surface area contributed by atoms with Crippen LogP contribution in [0.25, 0.3) is 0 Å². The van der Waals surface area contributed by atoms with E-state index in [4.69, 9.17) is 16.3 Å². The molecule has 0 bridgehead atoms. The highest BCUT2D eigenvalue weighted by atomic mass is 35.5. The number of hydrogen-bond donors (Lipinski definition) is 1. The molecule has 8 nitrogen and oxygen atoms in total. The van der Waals surface area contributed by atoms with E-state index in [0.717, 1.165) is 17.0 Å². The smallest absolute Gasteiger partial charge is 0.244 e. The van der Waals surface area contributed by atoms with Crippen LogP contribution in [-0.4, -0.2) is 57.6 Å². The average Bonchev–Trinajstić information content (AvgIpc) is 2.81. The monoisotopic (exact) mass is 509 g/mol. The number of methoxy groups -OCH3 is 1. The molecule has 2 aromatic carbocycles. The summed E-state index contributed by atoms with van der Waals surface area (Å²) < 4.78 is 31.3. The molecule has 0 saturated carbocycles. The van der Waals surface area contributed by atoms with Gasteiger partial charge in [0.15, 0.2) is 0 Å². The van der Waals surface area contributed by atoms with Crippen LogP contribution in [0.3, 0.4) is 0 Å². The van der Waals surface area contributed by atoms with Crippen LogP contribution in [0.15, 0.2) is 48.5 Å². The molecule has 0 aliphatic carbocycles. The standard InChI is InChI=1S/C24H32ClN3O5S/c1-5-15-26-24(30)22(6-2)27(16-18-9-7-8-10-21(18)25)23(29)17-28(34(4,31)32)19-11-13-20(33-3)14-12-19/h7-14,22H,5-6,15-17H2,1-4H3,(H,26,30)/t22-/m1/s1. The summed E-state index contributed by atoms with van der Waals surface area (Å²) in [6, 6.07) is 12.6. The molecule has 186 valence electrons. The Morgan fingerprint density at radius 3 is 2.26 bits per heavy atom. The maximum atomic E-state index is 13.6. The van der Waals surface area contributed by atoms with Crippen molar-refractivity contribution in [3.63, 3.8) is 0 Å². The number of hydrogen-bond acceptors (Lipinski definition) is 5. The first-order valence-corrected chi connectivity index (χ1v) is 13.3. The largest absolute Gasteiger partial charge is 0.497 e. The lowest BCUT2D eigenvalue weighted by molar-refractivity contribution is -0.140. The Bertz CT molecular complexity index is 1080. The summed E-state index contributed by atoms with van der Waals surface area (Å²) in [6.45, 7) is 3.82. The number of benzene rings is 2. The van der Waals surface area contributed by atoms with Crippen molar-refractivity contribution in [2.45, 2.75) is 39.3 Å². The lowest BCUT2D eigenvalue weighted by Crippen LogP contribution is -2.52. The van der Waals surface area contributed by atoms with Gasteiger partial charge in [-0.15, -0.1) is 0 Å². The summed E-state index contributed by atoms with van der Waals surface area (Å²) in [4.78, 5) is 27.9. The van der Waals surface area contributed by atoms with Crippen molar-refractivity contribution in [2.24, 2.45) is 0 Å². The lowest BCUT2D eigenvalue weighted by Gasteiger charge is -2.33. The Morgan fingerprint density at radius 1 is 1.09 bits per heavy atom. The first-order chi connectivity index (χ1) is 16.1. The van der Waals surface area contributed by atoms with Gasteiger partial charge in [0.25, 0.3) is 0 Å². The molecule has 0 heterocycles. The third-order valence-corrected chi connectivity index (χ3v) is 6.78. The number of amides is 2. The molecule has 0 radical (unpaired) electrons. The predicted molar refractivity (Wildman–Crippen MR) is 135 cm³/mol. The first kappa shape index (κ1) is 27.5. The number of nitrogens with zero attached hydrogens (tertiary/aromatic N) is 2. The number of halogens is 1. The summed E-state index contributed by atoms with van der Waals surface area (Å²) in [5, 5.41) is 3.29. The minimum absolute atomic E-state index is 0.0662. The van der Waals surface area contributed by atoms with E-state index >= 15 is 0 Å². The highest BCUT2D eigenvalue weighted by molar-refractivity contribution is 7.92. The van der Waals surface area contributed by atoms with Crippen molar-refractivity contribution in [1.29, 1.82) is 0 Å². The van der Waals surface area contributed by atoms with Gasteiger partial charge in [-0.1, -0.05) is 43.6 Å². The molecule has 2 rings (SSSR count). The highest BCUT2D eigenvalue weighted by Gasteiger charge is 2.31. The van der Waals surface area contributed by atoms with Crippen LogP contribution in [0.4, 0.5) is 5.69 Å². The minimum atomic E-state index is -3.80. The van der Waals surface area contributed by atoms with Gasteiger partial charge in [0.1, 0.15) is 18.3 Å². The number of rotatable bonds is 12. The fraction of sp³-hybridized carbons (Fsp3) is 0.417. The summed E-state index contributed by atoms with van der Waals surface area (Å²) in [5.74, 6) is -0.248. The summed E-state index contributed by atoms with van der Waals surface area (Å²) >= 11 is 6.33. The molecule has 0 aromatic heterocycles. The molecule has 0 saturated heterocycles.